The van der Waals surface area contributed by atoms with E-state index in [0.717, 1.165) is 25.1 Å². The Morgan fingerprint density at radius 3 is 2.67 bits per heavy atom. The van der Waals surface area contributed by atoms with Crippen LogP contribution in [0, 0.1) is 18.7 Å². The maximum absolute atomic E-state index is 13.2. The summed E-state index contributed by atoms with van der Waals surface area (Å²) in [5.74, 6) is 0.527. The highest BCUT2D eigenvalue weighted by molar-refractivity contribution is 5.54. The van der Waals surface area contributed by atoms with Crippen LogP contribution < -0.4 is 5.32 Å². The Kier molecular flexibility index (Phi) is 6.06. The van der Waals surface area contributed by atoms with Crippen LogP contribution in [-0.4, -0.2) is 13.1 Å². The van der Waals surface area contributed by atoms with Gasteiger partial charge in [0.25, 0.3) is 0 Å². The van der Waals surface area contributed by atoms with E-state index in [1.54, 1.807) is 6.92 Å². The van der Waals surface area contributed by atoms with E-state index in [-0.39, 0.29) is 5.82 Å². The van der Waals surface area contributed by atoms with Gasteiger partial charge >= 0.3 is 0 Å². The van der Waals surface area contributed by atoms with Crippen molar-refractivity contribution in [1.82, 2.24) is 5.32 Å². The molecule has 0 heterocycles. The van der Waals surface area contributed by atoms with Crippen molar-refractivity contribution in [2.24, 2.45) is 5.92 Å². The summed E-state index contributed by atoms with van der Waals surface area (Å²) < 4.78 is 13.2. The third-order valence-electron chi connectivity index (χ3n) is 2.91. The lowest BCUT2D eigenvalue weighted by Gasteiger charge is -2.10. The zero-order valence-corrected chi connectivity index (χ0v) is 11.9. The second-order valence-electron chi connectivity index (χ2n) is 5.19. The topological polar surface area (TPSA) is 12.0 Å². The molecule has 1 nitrogen and oxygen atoms in total. The molecule has 2 heteroatoms. The van der Waals surface area contributed by atoms with Gasteiger partial charge in [-0.2, -0.15) is 0 Å². The Hall–Kier alpha value is -1.15. The molecule has 0 aromatic heterocycles. The Bertz CT molecular complexity index is 408. The van der Waals surface area contributed by atoms with Crippen molar-refractivity contribution in [1.29, 1.82) is 0 Å². The third-order valence-corrected chi connectivity index (χ3v) is 2.91. The minimum atomic E-state index is -0.136. The summed E-state index contributed by atoms with van der Waals surface area (Å²) in [7, 11) is 0. The molecule has 0 unspecified atom stereocenters. The lowest BCUT2D eigenvalue weighted by atomic mass is 10.1. The Morgan fingerprint density at radius 1 is 1.39 bits per heavy atom. The number of hydrogen-bond donors (Lipinski definition) is 1. The average Bonchev–Trinajstić information content (AvgIpc) is 2.32. The van der Waals surface area contributed by atoms with Gasteiger partial charge in [-0.1, -0.05) is 38.5 Å². The fourth-order valence-corrected chi connectivity index (χ4v) is 1.79. The predicted molar refractivity (Wildman–Crippen MR) is 77.1 cm³/mol. The van der Waals surface area contributed by atoms with Gasteiger partial charge in [0, 0.05) is 6.54 Å². The van der Waals surface area contributed by atoms with Crippen LogP contribution in [0.15, 0.2) is 23.8 Å². The Morgan fingerprint density at radius 2 is 2.11 bits per heavy atom. The van der Waals surface area contributed by atoms with E-state index in [9.17, 15) is 4.39 Å². The molecule has 100 valence electrons. The van der Waals surface area contributed by atoms with Crippen LogP contribution in [0.3, 0.4) is 0 Å². The summed E-state index contributed by atoms with van der Waals surface area (Å²) in [6.45, 7) is 10.3. The first-order valence-corrected chi connectivity index (χ1v) is 6.69. The van der Waals surface area contributed by atoms with Gasteiger partial charge in [-0.05, 0) is 49.1 Å². The minimum Gasteiger partial charge on any atom is -0.313 e. The van der Waals surface area contributed by atoms with Crippen molar-refractivity contribution in [3.05, 3.63) is 40.7 Å². The van der Waals surface area contributed by atoms with Crippen molar-refractivity contribution < 1.29 is 4.39 Å². The molecular weight excluding hydrogens is 225 g/mol. The molecule has 0 amide bonds. The quantitative estimate of drug-likeness (QED) is 0.797. The van der Waals surface area contributed by atoms with Crippen molar-refractivity contribution in [2.45, 2.75) is 34.1 Å². The molecule has 1 aromatic rings. The first-order chi connectivity index (χ1) is 8.52. The molecule has 0 aliphatic heterocycles. The molecule has 18 heavy (non-hydrogen) atoms. The van der Waals surface area contributed by atoms with E-state index in [1.165, 1.54) is 11.6 Å². The van der Waals surface area contributed by atoms with E-state index in [4.69, 9.17) is 0 Å². The lowest BCUT2D eigenvalue weighted by molar-refractivity contribution is 0.569. The van der Waals surface area contributed by atoms with Crippen LogP contribution in [-0.2, 0) is 0 Å². The summed E-state index contributed by atoms with van der Waals surface area (Å²) in [5, 5.41) is 3.44. The number of nitrogens with one attached hydrogen (secondary N) is 1. The summed E-state index contributed by atoms with van der Waals surface area (Å²) in [6.07, 6.45) is 3.17. The molecule has 0 saturated carbocycles. The predicted octanol–water partition coefficient (Wildman–Crippen LogP) is 4.17. The molecule has 1 N–H and O–H groups in total. The molecule has 0 saturated heterocycles. The first-order valence-electron chi connectivity index (χ1n) is 6.69. The van der Waals surface area contributed by atoms with Crippen molar-refractivity contribution >= 4 is 6.08 Å². The van der Waals surface area contributed by atoms with Crippen LogP contribution in [0.1, 0.15) is 38.3 Å². The van der Waals surface area contributed by atoms with Gasteiger partial charge in [-0.15, -0.1) is 0 Å². The molecular formula is C16H24FN. The number of benzene rings is 1. The van der Waals surface area contributed by atoms with Gasteiger partial charge in [-0.25, -0.2) is 4.39 Å². The number of halogens is 1. The summed E-state index contributed by atoms with van der Waals surface area (Å²) in [4.78, 5) is 0. The fourth-order valence-electron chi connectivity index (χ4n) is 1.79. The SMILES string of the molecule is CCC(=Cc1ccc(F)c(C)c1)CNCC(C)C. The summed E-state index contributed by atoms with van der Waals surface area (Å²) in [6, 6.07) is 5.27. The van der Waals surface area contributed by atoms with Crippen molar-refractivity contribution in [3.63, 3.8) is 0 Å². The van der Waals surface area contributed by atoms with Gasteiger partial charge in [-0.3, -0.25) is 0 Å². The van der Waals surface area contributed by atoms with E-state index in [0.29, 0.717) is 11.5 Å². The molecule has 0 atom stereocenters. The zero-order chi connectivity index (χ0) is 13.5. The monoisotopic (exact) mass is 249 g/mol. The minimum absolute atomic E-state index is 0.136. The highest BCUT2D eigenvalue weighted by atomic mass is 19.1. The number of hydrogen-bond acceptors (Lipinski definition) is 1. The van der Waals surface area contributed by atoms with E-state index in [2.05, 4.69) is 32.2 Å². The largest absolute Gasteiger partial charge is 0.313 e. The average molecular weight is 249 g/mol. The van der Waals surface area contributed by atoms with Gasteiger partial charge in [0.05, 0.1) is 0 Å². The smallest absolute Gasteiger partial charge is 0.126 e. The van der Waals surface area contributed by atoms with Gasteiger partial charge in [0.2, 0.25) is 0 Å². The molecule has 0 bridgehead atoms. The standard InChI is InChI=1S/C16H24FN/c1-5-14(11-18-10-12(2)3)9-15-6-7-16(17)13(4)8-15/h6-9,12,18H,5,10-11H2,1-4H3. The third kappa shape index (κ3) is 5.01. The molecule has 1 aromatic carbocycles. The van der Waals surface area contributed by atoms with Crippen molar-refractivity contribution in [3.8, 4) is 0 Å². The molecule has 0 aliphatic rings. The molecule has 0 spiro atoms. The highest BCUT2D eigenvalue weighted by Gasteiger charge is 2.00. The fraction of sp³-hybridized carbons (Fsp3) is 0.500. The van der Waals surface area contributed by atoms with Crippen LogP contribution >= 0.6 is 0 Å². The van der Waals surface area contributed by atoms with Crippen LogP contribution in [0.4, 0.5) is 4.39 Å². The second-order valence-corrected chi connectivity index (χ2v) is 5.19. The van der Waals surface area contributed by atoms with E-state index < -0.39 is 0 Å². The lowest BCUT2D eigenvalue weighted by Crippen LogP contribution is -2.21. The normalized spacial score (nSPS) is 12.2. The Balaban J connectivity index is 2.68. The van der Waals surface area contributed by atoms with E-state index in [1.807, 2.05) is 12.1 Å². The van der Waals surface area contributed by atoms with Crippen LogP contribution in [0.2, 0.25) is 0 Å². The highest BCUT2D eigenvalue weighted by Crippen LogP contribution is 2.13. The summed E-state index contributed by atoms with van der Waals surface area (Å²) >= 11 is 0. The maximum atomic E-state index is 13.2. The van der Waals surface area contributed by atoms with Crippen molar-refractivity contribution in [2.75, 3.05) is 13.1 Å². The molecule has 1 rings (SSSR count). The molecule has 0 radical (unpaired) electrons. The Labute approximate surface area is 110 Å². The van der Waals surface area contributed by atoms with E-state index >= 15 is 0 Å². The molecule has 0 aliphatic carbocycles. The van der Waals surface area contributed by atoms with Gasteiger partial charge < -0.3 is 5.32 Å². The number of rotatable bonds is 6. The number of aryl methyl sites for hydroxylation is 1. The second kappa shape index (κ2) is 7.32. The maximum Gasteiger partial charge on any atom is 0.126 e. The zero-order valence-electron chi connectivity index (χ0n) is 11.9. The van der Waals surface area contributed by atoms with Crippen LogP contribution in [0.25, 0.3) is 6.08 Å². The first kappa shape index (κ1) is 14.9. The van der Waals surface area contributed by atoms with Crippen LogP contribution in [0.5, 0.6) is 0 Å². The molecule has 0 fully saturated rings. The van der Waals surface area contributed by atoms with Gasteiger partial charge in [0.15, 0.2) is 0 Å². The van der Waals surface area contributed by atoms with Gasteiger partial charge in [0.1, 0.15) is 5.82 Å². The summed E-state index contributed by atoms with van der Waals surface area (Å²) in [5.41, 5.74) is 3.13.